The van der Waals surface area contributed by atoms with Crippen LogP contribution in [-0.4, -0.2) is 34.9 Å². The summed E-state index contributed by atoms with van der Waals surface area (Å²) in [6.07, 6.45) is 5.07. The largest absolute Gasteiger partial charge is 0.359 e. The molecular weight excluding hydrogens is 338 g/mol. The Morgan fingerprint density at radius 1 is 1.00 bits per heavy atom. The first-order valence-electron chi connectivity index (χ1n) is 9.81. The zero-order chi connectivity index (χ0) is 18.8. The van der Waals surface area contributed by atoms with Crippen LogP contribution >= 0.6 is 0 Å². The number of rotatable bonds is 4. The molecule has 0 unspecified atom stereocenters. The molecule has 1 N–H and O–H groups in total. The molecule has 2 amide bonds. The average molecular weight is 365 g/mol. The summed E-state index contributed by atoms with van der Waals surface area (Å²) in [5, 5.41) is 2.71. The third kappa shape index (κ3) is 3.92. The third-order valence-corrected chi connectivity index (χ3v) is 5.91. The summed E-state index contributed by atoms with van der Waals surface area (Å²) in [6, 6.07) is 12.6. The van der Waals surface area contributed by atoms with Crippen molar-refractivity contribution in [3.8, 4) is 0 Å². The van der Waals surface area contributed by atoms with E-state index in [1.807, 2.05) is 17.2 Å². The zero-order valence-electron chi connectivity index (χ0n) is 15.9. The molecule has 0 saturated carbocycles. The van der Waals surface area contributed by atoms with Crippen molar-refractivity contribution in [2.75, 3.05) is 13.6 Å². The number of hydrogen-bond donors (Lipinski definition) is 1. The minimum Gasteiger partial charge on any atom is -0.359 e. The van der Waals surface area contributed by atoms with Crippen molar-refractivity contribution in [1.82, 2.24) is 14.8 Å². The van der Waals surface area contributed by atoms with Crippen LogP contribution in [0.3, 0.4) is 0 Å². The van der Waals surface area contributed by atoms with E-state index in [0.717, 1.165) is 25.1 Å². The van der Waals surface area contributed by atoms with Crippen molar-refractivity contribution in [3.63, 3.8) is 0 Å². The number of fused-ring (bicyclic) bond motifs is 2. The number of hydrogen-bond acceptors (Lipinski definition) is 2. The molecular formula is C22H27N3O2. The first-order chi connectivity index (χ1) is 13.1. The topological polar surface area (TPSA) is 54.3 Å². The lowest BCUT2D eigenvalue weighted by atomic mass is 10.00. The van der Waals surface area contributed by atoms with Crippen molar-refractivity contribution < 1.29 is 9.59 Å². The second-order valence-corrected chi connectivity index (χ2v) is 7.92. The number of carbonyl (C=O) groups is 2. The van der Waals surface area contributed by atoms with E-state index in [1.165, 1.54) is 11.1 Å². The predicted octanol–water partition coefficient (Wildman–Crippen LogP) is 2.39. The Morgan fingerprint density at radius 2 is 1.74 bits per heavy atom. The van der Waals surface area contributed by atoms with Crippen molar-refractivity contribution in [2.24, 2.45) is 11.8 Å². The molecule has 1 aromatic carbocycles. The molecule has 2 aliphatic rings. The van der Waals surface area contributed by atoms with E-state index in [1.54, 1.807) is 7.05 Å². The van der Waals surface area contributed by atoms with Gasteiger partial charge in [-0.25, -0.2) is 0 Å². The fourth-order valence-electron chi connectivity index (χ4n) is 4.53. The van der Waals surface area contributed by atoms with E-state index in [9.17, 15) is 9.59 Å². The van der Waals surface area contributed by atoms with Gasteiger partial charge in [0.15, 0.2) is 0 Å². The highest BCUT2D eigenvalue weighted by Crippen LogP contribution is 2.30. The van der Waals surface area contributed by atoms with Gasteiger partial charge in [0.1, 0.15) is 0 Å². The summed E-state index contributed by atoms with van der Waals surface area (Å²) in [5.74, 6) is 0.782. The van der Waals surface area contributed by atoms with Crippen molar-refractivity contribution in [2.45, 2.75) is 38.8 Å². The summed E-state index contributed by atoms with van der Waals surface area (Å²) < 4.78 is 2.19. The van der Waals surface area contributed by atoms with Gasteiger partial charge in [-0.15, -0.1) is 0 Å². The van der Waals surface area contributed by atoms with Gasteiger partial charge >= 0.3 is 0 Å². The van der Waals surface area contributed by atoms with E-state index in [2.05, 4.69) is 40.2 Å². The second-order valence-electron chi connectivity index (χ2n) is 7.92. The van der Waals surface area contributed by atoms with Crippen LogP contribution < -0.4 is 5.32 Å². The fourth-order valence-corrected chi connectivity index (χ4v) is 4.53. The SMILES string of the molecule is CNC(=O)C[C@@H]1CN(C(=O)CC2Cc3ccccc3C2)Cc2cccn2C1. The third-order valence-electron chi connectivity index (χ3n) is 5.91. The summed E-state index contributed by atoms with van der Waals surface area (Å²) in [5.41, 5.74) is 3.92. The molecule has 4 rings (SSSR count). The lowest BCUT2D eigenvalue weighted by Gasteiger charge is -2.25. The highest BCUT2D eigenvalue weighted by molar-refractivity contribution is 5.77. The summed E-state index contributed by atoms with van der Waals surface area (Å²) >= 11 is 0. The number of amides is 2. The highest BCUT2D eigenvalue weighted by atomic mass is 16.2. The van der Waals surface area contributed by atoms with Crippen molar-refractivity contribution in [1.29, 1.82) is 0 Å². The van der Waals surface area contributed by atoms with Crippen LogP contribution in [0.4, 0.5) is 0 Å². The van der Waals surface area contributed by atoms with Gasteiger partial charge in [0, 0.05) is 50.8 Å². The van der Waals surface area contributed by atoms with Crippen molar-refractivity contribution in [3.05, 3.63) is 59.4 Å². The lowest BCUT2D eigenvalue weighted by molar-refractivity contribution is -0.134. The Morgan fingerprint density at radius 3 is 2.44 bits per heavy atom. The molecule has 1 aliphatic heterocycles. The molecule has 5 nitrogen and oxygen atoms in total. The smallest absolute Gasteiger partial charge is 0.223 e. The van der Waals surface area contributed by atoms with Crippen LogP contribution in [-0.2, 0) is 35.5 Å². The summed E-state index contributed by atoms with van der Waals surface area (Å²) in [4.78, 5) is 27.0. The van der Waals surface area contributed by atoms with Crippen LogP contribution in [0.2, 0.25) is 0 Å². The molecule has 0 bridgehead atoms. The highest BCUT2D eigenvalue weighted by Gasteiger charge is 2.29. The summed E-state index contributed by atoms with van der Waals surface area (Å²) in [6.45, 7) is 2.07. The minimum atomic E-state index is 0.0363. The maximum atomic E-state index is 13.1. The van der Waals surface area contributed by atoms with E-state index in [4.69, 9.17) is 0 Å². The van der Waals surface area contributed by atoms with Gasteiger partial charge in [-0.2, -0.15) is 0 Å². The first-order valence-corrected chi connectivity index (χ1v) is 9.81. The van der Waals surface area contributed by atoms with Gasteiger partial charge in [-0.1, -0.05) is 24.3 Å². The molecule has 27 heavy (non-hydrogen) atoms. The van der Waals surface area contributed by atoms with Crippen LogP contribution in [0.25, 0.3) is 0 Å². The molecule has 0 spiro atoms. The molecule has 142 valence electrons. The normalized spacial score (nSPS) is 19.3. The Kier molecular flexibility index (Phi) is 5.01. The zero-order valence-corrected chi connectivity index (χ0v) is 15.9. The van der Waals surface area contributed by atoms with Gasteiger partial charge in [0.25, 0.3) is 0 Å². The lowest BCUT2D eigenvalue weighted by Crippen LogP contribution is -2.36. The Hall–Kier alpha value is -2.56. The predicted molar refractivity (Wildman–Crippen MR) is 104 cm³/mol. The number of nitrogens with zero attached hydrogens (tertiary/aromatic N) is 2. The van der Waals surface area contributed by atoms with Gasteiger partial charge in [-0.05, 0) is 42.0 Å². The number of nitrogens with one attached hydrogen (secondary N) is 1. The molecule has 0 fully saturated rings. The van der Waals surface area contributed by atoms with Crippen LogP contribution in [0.15, 0.2) is 42.6 Å². The van der Waals surface area contributed by atoms with Crippen LogP contribution in [0.5, 0.6) is 0 Å². The van der Waals surface area contributed by atoms with Gasteiger partial charge in [0.2, 0.25) is 11.8 Å². The van der Waals surface area contributed by atoms with Gasteiger partial charge in [-0.3, -0.25) is 9.59 Å². The number of carbonyl (C=O) groups excluding carboxylic acids is 2. The molecule has 1 aliphatic carbocycles. The standard InChI is InChI=1S/C22H27N3O2/c1-23-21(26)11-17-13-24-8-4-7-20(24)15-25(14-17)22(27)12-16-9-18-5-2-3-6-19(18)10-16/h2-8,16-17H,9-15H2,1H3,(H,23,26)/t17-/m0/s1. The Balaban J connectivity index is 1.45. The quantitative estimate of drug-likeness (QED) is 0.905. The molecule has 5 heteroatoms. The van der Waals surface area contributed by atoms with Crippen molar-refractivity contribution >= 4 is 11.8 Å². The van der Waals surface area contributed by atoms with E-state index >= 15 is 0 Å². The number of aromatic nitrogens is 1. The Bertz CT molecular complexity index is 817. The summed E-state index contributed by atoms with van der Waals surface area (Å²) in [7, 11) is 1.67. The average Bonchev–Trinajstić information content (AvgIpc) is 3.23. The van der Waals surface area contributed by atoms with E-state index in [-0.39, 0.29) is 17.7 Å². The molecule has 1 atom stereocenters. The van der Waals surface area contributed by atoms with Crippen LogP contribution in [0.1, 0.15) is 29.7 Å². The molecule has 0 radical (unpaired) electrons. The molecule has 0 saturated heterocycles. The monoisotopic (exact) mass is 365 g/mol. The Labute approximate surface area is 160 Å². The fraction of sp³-hybridized carbons (Fsp3) is 0.455. The van der Waals surface area contributed by atoms with E-state index in [0.29, 0.717) is 31.8 Å². The minimum absolute atomic E-state index is 0.0363. The maximum absolute atomic E-state index is 13.1. The van der Waals surface area contributed by atoms with Gasteiger partial charge in [0.05, 0.1) is 6.54 Å². The second kappa shape index (κ2) is 7.59. The van der Waals surface area contributed by atoms with E-state index < -0.39 is 0 Å². The molecule has 2 heterocycles. The van der Waals surface area contributed by atoms with Crippen LogP contribution in [0, 0.1) is 11.8 Å². The molecule has 2 aromatic rings. The molecule has 1 aromatic heterocycles. The van der Waals surface area contributed by atoms with Gasteiger partial charge < -0.3 is 14.8 Å². The first kappa shape index (κ1) is 17.8. The number of benzene rings is 1. The maximum Gasteiger partial charge on any atom is 0.223 e.